The number of aromatic hydroxyl groups is 1. The third-order valence-electron chi connectivity index (χ3n) is 4.40. The normalized spacial score (nSPS) is 15.1. The molecule has 1 N–H and O–H groups in total. The summed E-state index contributed by atoms with van der Waals surface area (Å²) in [6.45, 7) is 2.64. The number of benzene rings is 2. The van der Waals surface area contributed by atoms with Gasteiger partial charge in [0.1, 0.15) is 23.4 Å². The predicted octanol–water partition coefficient (Wildman–Crippen LogP) is 3.21. The molecule has 0 radical (unpaired) electrons. The van der Waals surface area contributed by atoms with Crippen molar-refractivity contribution in [1.82, 2.24) is 9.88 Å². The Morgan fingerprint density at radius 3 is 2.80 bits per heavy atom. The van der Waals surface area contributed by atoms with Crippen molar-refractivity contribution >= 4 is 10.9 Å². The van der Waals surface area contributed by atoms with E-state index < -0.39 is 0 Å². The molecular weight excluding hydrogens is 316 g/mol. The van der Waals surface area contributed by atoms with Crippen LogP contribution in [0.4, 0.5) is 0 Å². The highest BCUT2D eigenvalue weighted by atomic mass is 16.5. The summed E-state index contributed by atoms with van der Waals surface area (Å²) in [4.78, 5) is 6.75. The molecule has 1 fully saturated rings. The van der Waals surface area contributed by atoms with Gasteiger partial charge in [-0.25, -0.2) is 0 Å². The number of ether oxygens (including phenoxy) is 2. The Morgan fingerprint density at radius 2 is 1.96 bits per heavy atom. The number of nitrogens with zero attached hydrogens (tertiary/aromatic N) is 2. The van der Waals surface area contributed by atoms with Crippen LogP contribution in [0.15, 0.2) is 54.7 Å². The molecule has 2 heterocycles. The number of pyridine rings is 1. The fourth-order valence-electron chi connectivity index (χ4n) is 3.09. The lowest BCUT2D eigenvalue weighted by atomic mass is 10.1. The van der Waals surface area contributed by atoms with Gasteiger partial charge in [-0.05, 0) is 35.9 Å². The minimum absolute atomic E-state index is 0.206. The Labute approximate surface area is 146 Å². The summed E-state index contributed by atoms with van der Waals surface area (Å²) < 4.78 is 11.2. The van der Waals surface area contributed by atoms with E-state index in [0.29, 0.717) is 0 Å². The van der Waals surface area contributed by atoms with Gasteiger partial charge in [0.15, 0.2) is 0 Å². The highest BCUT2D eigenvalue weighted by Crippen LogP contribution is 2.24. The Bertz CT molecular complexity index is 891. The van der Waals surface area contributed by atoms with Crippen LogP contribution in [0.25, 0.3) is 10.9 Å². The molecule has 128 valence electrons. The summed E-state index contributed by atoms with van der Waals surface area (Å²) in [5.41, 5.74) is 1.98. The van der Waals surface area contributed by atoms with Crippen molar-refractivity contribution in [2.75, 3.05) is 20.2 Å². The minimum Gasteiger partial charge on any atom is -0.508 e. The molecule has 1 saturated heterocycles. The minimum atomic E-state index is 0.206. The average Bonchev–Trinajstić information content (AvgIpc) is 2.60. The number of likely N-dealkylation sites (tertiary alicyclic amines) is 1. The first-order valence-corrected chi connectivity index (χ1v) is 8.30. The van der Waals surface area contributed by atoms with Crippen LogP contribution in [0.5, 0.6) is 17.2 Å². The molecule has 0 bridgehead atoms. The number of methoxy groups -OCH3 is 1. The van der Waals surface area contributed by atoms with Crippen LogP contribution in [-0.2, 0) is 6.54 Å². The van der Waals surface area contributed by atoms with Gasteiger partial charge in [0.05, 0.1) is 12.6 Å². The van der Waals surface area contributed by atoms with E-state index in [4.69, 9.17) is 9.47 Å². The molecule has 1 aliphatic rings. The summed E-state index contributed by atoms with van der Waals surface area (Å²) >= 11 is 0. The van der Waals surface area contributed by atoms with Crippen molar-refractivity contribution in [3.05, 3.63) is 60.3 Å². The lowest BCUT2D eigenvalue weighted by molar-refractivity contribution is 0.0144. The molecule has 0 atom stereocenters. The largest absolute Gasteiger partial charge is 0.508 e. The average molecular weight is 336 g/mol. The van der Waals surface area contributed by atoms with Crippen molar-refractivity contribution in [1.29, 1.82) is 0 Å². The Hall–Kier alpha value is -2.79. The number of hydrogen-bond acceptors (Lipinski definition) is 5. The van der Waals surface area contributed by atoms with Crippen molar-refractivity contribution in [3.8, 4) is 17.2 Å². The van der Waals surface area contributed by atoms with Gasteiger partial charge in [-0.15, -0.1) is 0 Å². The number of hydrogen-bond donors (Lipinski definition) is 1. The van der Waals surface area contributed by atoms with E-state index in [2.05, 4.69) is 16.0 Å². The first-order valence-electron chi connectivity index (χ1n) is 8.30. The zero-order valence-corrected chi connectivity index (χ0v) is 14.1. The number of aromatic nitrogens is 1. The first-order chi connectivity index (χ1) is 12.2. The van der Waals surface area contributed by atoms with Gasteiger partial charge < -0.3 is 14.6 Å². The summed E-state index contributed by atoms with van der Waals surface area (Å²) in [5, 5.41) is 10.5. The first kappa shape index (κ1) is 15.7. The van der Waals surface area contributed by atoms with E-state index in [9.17, 15) is 5.11 Å². The van der Waals surface area contributed by atoms with Crippen molar-refractivity contribution in [2.24, 2.45) is 0 Å². The molecule has 1 aliphatic heterocycles. The zero-order chi connectivity index (χ0) is 17.2. The lowest BCUT2D eigenvalue weighted by Gasteiger charge is -2.39. The summed E-state index contributed by atoms with van der Waals surface area (Å²) in [6, 6.07) is 15.1. The standard InChI is InChI=1S/C20H20N2O3/c1-24-17-3-2-4-18(9-17)25-19-12-22(13-19)11-14-7-15-5-6-16(23)8-20(15)21-10-14/h2-10,19,23H,11-13H2,1H3. The van der Waals surface area contributed by atoms with Crippen LogP contribution in [0, 0.1) is 0 Å². The topological polar surface area (TPSA) is 54.8 Å². The fourth-order valence-corrected chi connectivity index (χ4v) is 3.09. The molecule has 0 saturated carbocycles. The van der Waals surface area contributed by atoms with Crippen molar-refractivity contribution in [2.45, 2.75) is 12.6 Å². The highest BCUT2D eigenvalue weighted by molar-refractivity contribution is 5.80. The molecule has 3 aromatic rings. The Balaban J connectivity index is 1.34. The molecular formula is C20H20N2O3. The van der Waals surface area contributed by atoms with Crippen LogP contribution in [0.3, 0.4) is 0 Å². The van der Waals surface area contributed by atoms with Crippen LogP contribution < -0.4 is 9.47 Å². The van der Waals surface area contributed by atoms with Gasteiger partial charge in [-0.2, -0.15) is 0 Å². The number of fused-ring (bicyclic) bond motifs is 1. The van der Waals surface area contributed by atoms with E-state index in [1.165, 1.54) is 0 Å². The molecule has 4 rings (SSSR count). The molecule has 5 heteroatoms. The smallest absolute Gasteiger partial charge is 0.124 e. The van der Waals surface area contributed by atoms with Gasteiger partial charge in [0.2, 0.25) is 0 Å². The Morgan fingerprint density at radius 1 is 1.12 bits per heavy atom. The summed E-state index contributed by atoms with van der Waals surface area (Å²) in [7, 11) is 1.66. The molecule has 1 aromatic heterocycles. The monoisotopic (exact) mass is 336 g/mol. The predicted molar refractivity (Wildman–Crippen MR) is 96.1 cm³/mol. The second-order valence-corrected chi connectivity index (χ2v) is 6.33. The quantitative estimate of drug-likeness (QED) is 0.775. The maximum absolute atomic E-state index is 9.51. The lowest BCUT2D eigenvalue weighted by Crippen LogP contribution is -2.53. The molecule has 0 amide bonds. The third kappa shape index (κ3) is 3.51. The number of phenolic OH excluding ortho intramolecular Hbond substituents is 1. The van der Waals surface area contributed by atoms with Crippen LogP contribution in [-0.4, -0.2) is 41.3 Å². The highest BCUT2D eigenvalue weighted by Gasteiger charge is 2.28. The zero-order valence-electron chi connectivity index (χ0n) is 14.1. The van der Waals surface area contributed by atoms with Gasteiger partial charge in [-0.1, -0.05) is 6.07 Å². The van der Waals surface area contributed by atoms with Gasteiger partial charge in [-0.3, -0.25) is 9.88 Å². The SMILES string of the molecule is COc1cccc(OC2CN(Cc3cnc4cc(O)ccc4c3)C2)c1. The van der Waals surface area contributed by atoms with Crippen LogP contribution >= 0.6 is 0 Å². The number of phenols is 1. The molecule has 25 heavy (non-hydrogen) atoms. The number of rotatable bonds is 5. The van der Waals surface area contributed by atoms with Gasteiger partial charge in [0, 0.05) is 43.4 Å². The molecule has 0 aliphatic carbocycles. The third-order valence-corrected chi connectivity index (χ3v) is 4.40. The Kier molecular flexibility index (Phi) is 4.15. The molecule has 5 nitrogen and oxygen atoms in total. The van der Waals surface area contributed by atoms with Crippen molar-refractivity contribution < 1.29 is 14.6 Å². The molecule has 2 aromatic carbocycles. The molecule has 0 spiro atoms. The summed E-state index contributed by atoms with van der Waals surface area (Å²) in [6.07, 6.45) is 2.08. The van der Waals surface area contributed by atoms with E-state index in [1.807, 2.05) is 36.5 Å². The van der Waals surface area contributed by atoms with E-state index in [-0.39, 0.29) is 11.9 Å². The van der Waals surface area contributed by atoms with Gasteiger partial charge >= 0.3 is 0 Å². The maximum atomic E-state index is 9.51. The second-order valence-electron chi connectivity index (χ2n) is 6.33. The maximum Gasteiger partial charge on any atom is 0.124 e. The summed E-state index contributed by atoms with van der Waals surface area (Å²) in [5.74, 6) is 1.89. The van der Waals surface area contributed by atoms with Crippen LogP contribution in [0.2, 0.25) is 0 Å². The van der Waals surface area contributed by atoms with E-state index in [1.54, 1.807) is 19.2 Å². The van der Waals surface area contributed by atoms with E-state index >= 15 is 0 Å². The van der Waals surface area contributed by atoms with Crippen molar-refractivity contribution in [3.63, 3.8) is 0 Å². The van der Waals surface area contributed by atoms with Crippen LogP contribution in [0.1, 0.15) is 5.56 Å². The fraction of sp³-hybridized carbons (Fsp3) is 0.250. The van der Waals surface area contributed by atoms with Gasteiger partial charge in [0.25, 0.3) is 0 Å². The second kappa shape index (κ2) is 6.61. The van der Waals surface area contributed by atoms with E-state index in [0.717, 1.165) is 47.6 Å². The molecule has 0 unspecified atom stereocenters.